The second-order valence-corrected chi connectivity index (χ2v) is 17.2. The molecule has 2 aromatic heterocycles. The van der Waals surface area contributed by atoms with Crippen LogP contribution in [0.5, 0.6) is 11.8 Å². The predicted octanol–water partition coefficient (Wildman–Crippen LogP) is 6.41. The van der Waals surface area contributed by atoms with Gasteiger partial charge in [0.1, 0.15) is 28.4 Å². The molecular weight excluding hydrogens is 729 g/mol. The Balaban J connectivity index is 1.12. The zero-order valence-corrected chi connectivity index (χ0v) is 32.7. The van der Waals surface area contributed by atoms with E-state index in [2.05, 4.69) is 20.6 Å². The molecule has 13 heteroatoms. The van der Waals surface area contributed by atoms with Gasteiger partial charge in [-0.05, 0) is 87.1 Å². The van der Waals surface area contributed by atoms with Gasteiger partial charge >= 0.3 is 6.01 Å². The van der Waals surface area contributed by atoms with E-state index in [0.29, 0.717) is 46.1 Å². The number of piperazine rings is 1. The molecule has 10 rings (SSSR count). The maximum absolute atomic E-state index is 17.9. The van der Waals surface area contributed by atoms with E-state index >= 15 is 8.78 Å². The average molecular weight is 778 g/mol. The maximum Gasteiger partial charge on any atom is 0.319 e. The highest BCUT2D eigenvalue weighted by molar-refractivity contribution is 6.18. The Morgan fingerprint density at radius 2 is 1.88 bits per heavy atom. The van der Waals surface area contributed by atoms with E-state index in [0.717, 1.165) is 90.9 Å². The molecule has 3 atom stereocenters. The summed E-state index contributed by atoms with van der Waals surface area (Å²) >= 11 is 0. The van der Waals surface area contributed by atoms with Crippen molar-refractivity contribution in [2.75, 3.05) is 71.2 Å². The lowest BCUT2D eigenvalue weighted by atomic mass is 9.91. The molecule has 5 aromatic rings. The number of terminal acetylenes is 1. The summed E-state index contributed by atoms with van der Waals surface area (Å²) in [6.07, 6.45) is 16.2. The number of methoxy groups -OCH3 is 1. The number of aromatic nitrogens is 4. The van der Waals surface area contributed by atoms with Crippen molar-refractivity contribution >= 4 is 38.4 Å². The lowest BCUT2D eigenvalue weighted by Gasteiger charge is -2.42. The summed E-state index contributed by atoms with van der Waals surface area (Å²) in [4.78, 5) is 17.6. The minimum Gasteiger partial charge on any atom is -0.508 e. The number of hydrogen-bond donors (Lipinski definition) is 1. The van der Waals surface area contributed by atoms with Crippen LogP contribution in [0, 0.1) is 29.4 Å². The number of benzene rings is 3. The third-order valence-electron chi connectivity index (χ3n) is 13.5. The Labute approximate surface area is 330 Å². The summed E-state index contributed by atoms with van der Waals surface area (Å²) in [6.45, 7) is 7.40. The molecule has 2 bridgehead atoms. The molecule has 0 amide bonds. The van der Waals surface area contributed by atoms with Crippen molar-refractivity contribution in [1.29, 1.82) is 0 Å². The fourth-order valence-electron chi connectivity index (χ4n) is 10.6. The van der Waals surface area contributed by atoms with Gasteiger partial charge in [-0.2, -0.15) is 15.1 Å². The van der Waals surface area contributed by atoms with Gasteiger partial charge in [-0.15, -0.1) is 6.42 Å². The lowest BCUT2D eigenvalue weighted by molar-refractivity contribution is 0.0706. The first kappa shape index (κ1) is 36.7. The SMILES string of the molecule is C#Cc1c(F)ccc2cc(O)cc(-c3c(F)c4nc(OCC5(CN6CCCC67CCOC7)CC5)nc(N5[C@@H]6CC[C@H]5CN(CCCOC)C6)c4c4cn(C)nc34)c12. The standard InChI is InChI=1S/C44H49F2N7O4/c1-4-31-34(45)10-7-27-19-30(54)20-32(35(27)31)36-38(46)40-37(33-23-50(2)49-39(33)36)41(53-28-8-9-29(53)22-51(21-28)15-6-17-55-3)48-42(47-40)57-25-43(12-13-43)24-52-16-5-11-44(52)14-18-56-26-44/h1,7,10,19-20,23,28-29,54H,5-6,8-9,11-18,21-22,24-26H2,2-3H3/t28-,29+,44?. The molecule has 1 unspecified atom stereocenters. The van der Waals surface area contributed by atoms with Crippen molar-refractivity contribution in [2.24, 2.45) is 12.5 Å². The zero-order valence-electron chi connectivity index (χ0n) is 32.7. The number of phenols is 1. The predicted molar refractivity (Wildman–Crippen MR) is 215 cm³/mol. The molecule has 0 radical (unpaired) electrons. The largest absolute Gasteiger partial charge is 0.508 e. The van der Waals surface area contributed by atoms with E-state index in [1.165, 1.54) is 30.7 Å². The van der Waals surface area contributed by atoms with Crippen molar-refractivity contribution < 1.29 is 28.1 Å². The van der Waals surface area contributed by atoms with Crippen molar-refractivity contribution in [3.63, 3.8) is 0 Å². The van der Waals surface area contributed by atoms with Gasteiger partial charge in [-0.1, -0.05) is 12.0 Å². The van der Waals surface area contributed by atoms with Crippen LogP contribution in [0.3, 0.4) is 0 Å². The normalized spacial score (nSPS) is 24.4. The molecule has 1 saturated carbocycles. The van der Waals surface area contributed by atoms with Gasteiger partial charge in [0.25, 0.3) is 0 Å². The molecule has 1 N–H and O–H groups in total. The van der Waals surface area contributed by atoms with Gasteiger partial charge in [-0.3, -0.25) is 14.5 Å². The van der Waals surface area contributed by atoms with E-state index in [1.54, 1.807) is 18.8 Å². The second-order valence-electron chi connectivity index (χ2n) is 17.2. The number of aryl methyl sites for hydroxylation is 1. The fraction of sp³-hybridized carbons (Fsp3) is 0.523. The molecule has 1 spiro atoms. The van der Waals surface area contributed by atoms with Crippen LogP contribution in [-0.4, -0.2) is 119 Å². The Hall–Kier alpha value is -4.61. The summed E-state index contributed by atoms with van der Waals surface area (Å²) in [6, 6.07) is 6.20. The van der Waals surface area contributed by atoms with E-state index in [4.69, 9.17) is 35.7 Å². The Morgan fingerprint density at radius 3 is 2.61 bits per heavy atom. The molecule has 6 heterocycles. The monoisotopic (exact) mass is 777 g/mol. The third kappa shape index (κ3) is 6.18. The van der Waals surface area contributed by atoms with Crippen molar-refractivity contribution in [3.8, 4) is 35.2 Å². The number of anilines is 1. The van der Waals surface area contributed by atoms with Crippen LogP contribution in [0.15, 0.2) is 30.5 Å². The summed E-state index contributed by atoms with van der Waals surface area (Å²) in [5.41, 5.74) is 0.835. The molecular formula is C44H49F2N7O4. The molecule has 11 nitrogen and oxygen atoms in total. The van der Waals surface area contributed by atoms with Crippen molar-refractivity contribution in [1.82, 2.24) is 29.5 Å². The number of phenolic OH excluding ortho intramolecular Hbond substituents is 1. The molecule has 1 aliphatic carbocycles. The summed E-state index contributed by atoms with van der Waals surface area (Å²) in [5, 5.41) is 17.8. The van der Waals surface area contributed by atoms with Crippen LogP contribution in [0.1, 0.15) is 56.9 Å². The zero-order chi connectivity index (χ0) is 39.1. The second kappa shape index (κ2) is 14.0. The van der Waals surface area contributed by atoms with Gasteiger partial charge in [-0.25, -0.2) is 8.78 Å². The third-order valence-corrected chi connectivity index (χ3v) is 13.5. The van der Waals surface area contributed by atoms with Crippen LogP contribution in [0.25, 0.3) is 43.7 Å². The minimum absolute atomic E-state index is 0.0166. The molecule has 4 saturated heterocycles. The summed E-state index contributed by atoms with van der Waals surface area (Å²) in [5.74, 6) is 1.74. The number of nitrogens with zero attached hydrogens (tertiary/aromatic N) is 7. The number of likely N-dealkylation sites (tertiary alicyclic amines) is 2. The summed E-state index contributed by atoms with van der Waals surface area (Å²) < 4.78 is 52.7. The molecule has 4 aliphatic heterocycles. The molecule has 5 fully saturated rings. The van der Waals surface area contributed by atoms with Gasteiger partial charge in [0.15, 0.2) is 5.82 Å². The number of halogens is 2. The molecule has 57 heavy (non-hydrogen) atoms. The van der Waals surface area contributed by atoms with Crippen LogP contribution < -0.4 is 9.64 Å². The average Bonchev–Trinajstić information content (AvgIpc) is 3.48. The van der Waals surface area contributed by atoms with Crippen LogP contribution in [0.2, 0.25) is 0 Å². The number of hydrogen-bond acceptors (Lipinski definition) is 10. The van der Waals surface area contributed by atoms with E-state index < -0.39 is 11.6 Å². The quantitative estimate of drug-likeness (QED) is 0.120. The molecule has 5 aliphatic rings. The Bertz CT molecular complexity index is 2420. The lowest BCUT2D eigenvalue weighted by Crippen LogP contribution is -2.54. The highest BCUT2D eigenvalue weighted by Crippen LogP contribution is 2.51. The smallest absolute Gasteiger partial charge is 0.319 e. The van der Waals surface area contributed by atoms with Crippen LogP contribution in [-0.2, 0) is 16.5 Å². The number of ether oxygens (including phenoxy) is 3. The number of aromatic hydroxyl groups is 1. The first-order valence-corrected chi connectivity index (χ1v) is 20.4. The van der Waals surface area contributed by atoms with Crippen LogP contribution >= 0.6 is 0 Å². The first-order valence-electron chi connectivity index (χ1n) is 20.4. The van der Waals surface area contributed by atoms with Crippen LogP contribution in [0.4, 0.5) is 14.6 Å². The fourth-order valence-corrected chi connectivity index (χ4v) is 10.6. The first-order chi connectivity index (χ1) is 27.7. The Kier molecular flexibility index (Phi) is 9.05. The van der Waals surface area contributed by atoms with E-state index in [9.17, 15) is 5.11 Å². The number of rotatable bonds is 11. The maximum atomic E-state index is 17.9. The van der Waals surface area contributed by atoms with E-state index in [1.807, 2.05) is 6.20 Å². The van der Waals surface area contributed by atoms with E-state index in [-0.39, 0.29) is 57.0 Å². The number of fused-ring (bicyclic) bond motifs is 6. The van der Waals surface area contributed by atoms with Gasteiger partial charge in [0, 0.05) is 99.1 Å². The minimum atomic E-state index is -0.657. The Morgan fingerprint density at radius 1 is 1.05 bits per heavy atom. The van der Waals surface area contributed by atoms with Gasteiger partial charge in [0.05, 0.1) is 24.2 Å². The molecule has 298 valence electrons. The topological polar surface area (TPSA) is 101 Å². The van der Waals surface area contributed by atoms with Gasteiger partial charge < -0.3 is 24.2 Å². The molecule has 3 aromatic carbocycles. The highest BCUT2D eigenvalue weighted by atomic mass is 19.1. The van der Waals surface area contributed by atoms with Crippen molar-refractivity contribution in [2.45, 2.75) is 69.0 Å². The van der Waals surface area contributed by atoms with Crippen molar-refractivity contribution in [3.05, 3.63) is 47.7 Å². The highest BCUT2D eigenvalue weighted by Gasteiger charge is 2.52. The van der Waals surface area contributed by atoms with Gasteiger partial charge in [0.2, 0.25) is 0 Å². The summed E-state index contributed by atoms with van der Waals surface area (Å²) in [7, 11) is 3.53.